The first kappa shape index (κ1) is 17.1. The molecular formula is C15H13F4N5O. The second-order valence-electron chi connectivity index (χ2n) is 5.20. The van der Waals surface area contributed by atoms with Crippen LogP contribution in [0.3, 0.4) is 0 Å². The van der Waals surface area contributed by atoms with Gasteiger partial charge in [0.25, 0.3) is 5.78 Å². The maximum absolute atomic E-state index is 13.6. The molecule has 10 heteroatoms. The summed E-state index contributed by atoms with van der Waals surface area (Å²) in [7, 11) is 1.52. The maximum Gasteiger partial charge on any atom is 0.419 e. The Hall–Kier alpha value is -2.75. The molecule has 0 aliphatic heterocycles. The number of hydrogen-bond acceptors (Lipinski definition) is 5. The summed E-state index contributed by atoms with van der Waals surface area (Å²) in [5, 5.41) is 7.00. The highest BCUT2D eigenvalue weighted by Crippen LogP contribution is 2.31. The van der Waals surface area contributed by atoms with E-state index in [1.807, 2.05) is 0 Å². The van der Waals surface area contributed by atoms with Gasteiger partial charge >= 0.3 is 6.18 Å². The van der Waals surface area contributed by atoms with Gasteiger partial charge in [-0.3, -0.25) is 0 Å². The van der Waals surface area contributed by atoms with Crippen LogP contribution in [0.4, 0.5) is 23.4 Å². The molecule has 25 heavy (non-hydrogen) atoms. The minimum atomic E-state index is -4.72. The van der Waals surface area contributed by atoms with E-state index in [9.17, 15) is 17.6 Å². The molecule has 1 N–H and O–H groups in total. The van der Waals surface area contributed by atoms with Crippen molar-refractivity contribution in [3.8, 4) is 0 Å². The van der Waals surface area contributed by atoms with Crippen LogP contribution in [-0.2, 0) is 24.1 Å². The molecule has 0 spiro atoms. The molecule has 0 amide bonds. The molecular weight excluding hydrogens is 342 g/mol. The summed E-state index contributed by atoms with van der Waals surface area (Å²) < 4.78 is 57.9. The molecule has 2 aromatic heterocycles. The number of rotatable bonds is 5. The molecule has 0 saturated carbocycles. The van der Waals surface area contributed by atoms with Gasteiger partial charge in [0.2, 0.25) is 0 Å². The van der Waals surface area contributed by atoms with Crippen LogP contribution >= 0.6 is 0 Å². The average molecular weight is 355 g/mol. The zero-order chi connectivity index (χ0) is 18.0. The molecule has 132 valence electrons. The van der Waals surface area contributed by atoms with E-state index in [4.69, 9.17) is 4.74 Å². The van der Waals surface area contributed by atoms with Gasteiger partial charge in [0.1, 0.15) is 18.0 Å². The fraction of sp³-hybridized carbons (Fsp3) is 0.267. The minimum absolute atomic E-state index is 0.0977. The Morgan fingerprint density at radius 3 is 2.72 bits per heavy atom. The van der Waals surface area contributed by atoms with E-state index < -0.39 is 17.6 Å². The van der Waals surface area contributed by atoms with Crippen LogP contribution in [0, 0.1) is 5.82 Å². The molecule has 6 nitrogen and oxygen atoms in total. The van der Waals surface area contributed by atoms with Crippen molar-refractivity contribution in [2.75, 3.05) is 12.4 Å². The highest BCUT2D eigenvalue weighted by atomic mass is 19.4. The number of fused-ring (bicyclic) bond motifs is 1. The Bertz CT molecular complexity index is 893. The zero-order valence-electron chi connectivity index (χ0n) is 13.0. The fourth-order valence-corrected chi connectivity index (χ4v) is 2.30. The van der Waals surface area contributed by atoms with E-state index in [1.54, 1.807) is 6.07 Å². The van der Waals surface area contributed by atoms with Crippen LogP contribution in [0.2, 0.25) is 0 Å². The summed E-state index contributed by atoms with van der Waals surface area (Å²) in [5.41, 5.74) is -0.339. The third-order valence-electron chi connectivity index (χ3n) is 3.41. The monoisotopic (exact) mass is 355 g/mol. The van der Waals surface area contributed by atoms with Crippen molar-refractivity contribution in [2.24, 2.45) is 0 Å². The Morgan fingerprint density at radius 1 is 1.24 bits per heavy atom. The van der Waals surface area contributed by atoms with Gasteiger partial charge < -0.3 is 10.1 Å². The molecule has 3 aromatic rings. The van der Waals surface area contributed by atoms with Crippen LogP contribution in [0.5, 0.6) is 0 Å². The van der Waals surface area contributed by atoms with Crippen LogP contribution in [0.1, 0.15) is 16.8 Å². The zero-order valence-corrected chi connectivity index (χ0v) is 13.0. The van der Waals surface area contributed by atoms with Gasteiger partial charge in [0.15, 0.2) is 0 Å². The molecule has 0 aliphatic rings. The van der Waals surface area contributed by atoms with E-state index in [0.29, 0.717) is 22.9 Å². The lowest BCUT2D eigenvalue weighted by molar-refractivity contribution is -0.140. The number of ether oxygens (including phenoxy) is 1. The predicted octanol–water partition coefficient (Wildman–Crippen LogP) is 3.04. The second kappa shape index (κ2) is 6.63. The Balaban J connectivity index is 1.83. The number of methoxy groups -OCH3 is 1. The van der Waals surface area contributed by atoms with Crippen LogP contribution in [-0.4, -0.2) is 26.7 Å². The average Bonchev–Trinajstić information content (AvgIpc) is 3.00. The van der Waals surface area contributed by atoms with Gasteiger partial charge in [0.05, 0.1) is 17.9 Å². The standard InChI is InChI=1S/C15H13F4N5O/c1-25-7-10-5-13(24-14(23-10)21-8-22-24)20-6-9-2-3-11(12(16)4-9)15(17,18)19/h2-5,8,20H,6-7H2,1H3. The van der Waals surface area contributed by atoms with Gasteiger partial charge in [-0.2, -0.15) is 27.8 Å². The number of anilines is 1. The Morgan fingerprint density at radius 2 is 2.04 bits per heavy atom. The number of alkyl halides is 3. The maximum atomic E-state index is 13.6. The summed E-state index contributed by atoms with van der Waals surface area (Å²) in [6, 6.07) is 4.46. The minimum Gasteiger partial charge on any atom is -0.378 e. The number of hydrogen-bond donors (Lipinski definition) is 1. The summed E-state index contributed by atoms with van der Waals surface area (Å²) in [5.74, 6) is -0.460. The lowest BCUT2D eigenvalue weighted by Crippen LogP contribution is -2.11. The van der Waals surface area contributed by atoms with Crippen molar-refractivity contribution < 1.29 is 22.3 Å². The molecule has 3 rings (SSSR count). The smallest absolute Gasteiger partial charge is 0.378 e. The van der Waals surface area contributed by atoms with E-state index in [-0.39, 0.29) is 13.2 Å². The number of aromatic nitrogens is 4. The first-order valence-electron chi connectivity index (χ1n) is 7.16. The molecule has 2 heterocycles. The summed E-state index contributed by atoms with van der Waals surface area (Å²) in [6.45, 7) is 0.355. The predicted molar refractivity (Wildman–Crippen MR) is 80.2 cm³/mol. The fourth-order valence-electron chi connectivity index (χ4n) is 2.30. The molecule has 0 bridgehead atoms. The second-order valence-corrected chi connectivity index (χ2v) is 5.20. The molecule has 0 atom stereocenters. The first-order chi connectivity index (χ1) is 11.9. The lowest BCUT2D eigenvalue weighted by atomic mass is 10.1. The topological polar surface area (TPSA) is 64.3 Å². The lowest BCUT2D eigenvalue weighted by Gasteiger charge is -2.12. The normalized spacial score (nSPS) is 11.9. The van der Waals surface area contributed by atoms with Gasteiger partial charge in [-0.15, -0.1) is 0 Å². The van der Waals surface area contributed by atoms with Crippen molar-refractivity contribution in [3.05, 3.63) is 53.2 Å². The van der Waals surface area contributed by atoms with Crippen LogP contribution < -0.4 is 5.32 Å². The molecule has 0 saturated heterocycles. The van der Waals surface area contributed by atoms with Gasteiger partial charge in [-0.1, -0.05) is 6.07 Å². The first-order valence-corrected chi connectivity index (χ1v) is 7.16. The molecule has 0 radical (unpaired) electrons. The van der Waals surface area contributed by atoms with Crippen molar-refractivity contribution in [3.63, 3.8) is 0 Å². The van der Waals surface area contributed by atoms with Crippen LogP contribution in [0.15, 0.2) is 30.6 Å². The summed E-state index contributed by atoms with van der Waals surface area (Å²) in [4.78, 5) is 8.22. The van der Waals surface area contributed by atoms with Crippen molar-refractivity contribution >= 4 is 11.6 Å². The van der Waals surface area contributed by atoms with Gasteiger partial charge in [-0.25, -0.2) is 9.37 Å². The largest absolute Gasteiger partial charge is 0.419 e. The van der Waals surface area contributed by atoms with E-state index >= 15 is 0 Å². The summed E-state index contributed by atoms with van der Waals surface area (Å²) >= 11 is 0. The van der Waals surface area contributed by atoms with E-state index in [1.165, 1.54) is 24.0 Å². The SMILES string of the molecule is COCc1cc(NCc2ccc(C(F)(F)F)c(F)c2)n2ncnc2n1. The number of halogens is 4. The Kier molecular flexibility index (Phi) is 4.53. The highest BCUT2D eigenvalue weighted by molar-refractivity contribution is 5.45. The van der Waals surface area contributed by atoms with Crippen molar-refractivity contribution in [1.82, 2.24) is 19.6 Å². The number of nitrogens with one attached hydrogen (secondary N) is 1. The summed E-state index contributed by atoms with van der Waals surface area (Å²) in [6.07, 6.45) is -3.40. The van der Waals surface area contributed by atoms with E-state index in [0.717, 1.165) is 12.1 Å². The molecule has 0 unspecified atom stereocenters. The third-order valence-corrected chi connectivity index (χ3v) is 3.41. The van der Waals surface area contributed by atoms with Crippen molar-refractivity contribution in [1.29, 1.82) is 0 Å². The molecule has 1 aromatic carbocycles. The highest BCUT2D eigenvalue weighted by Gasteiger charge is 2.33. The van der Waals surface area contributed by atoms with Crippen molar-refractivity contribution in [2.45, 2.75) is 19.3 Å². The van der Waals surface area contributed by atoms with E-state index in [2.05, 4.69) is 20.4 Å². The number of nitrogens with zero attached hydrogens (tertiary/aromatic N) is 4. The quantitative estimate of drug-likeness (QED) is 0.713. The molecule has 0 fully saturated rings. The van der Waals surface area contributed by atoms with Gasteiger partial charge in [0, 0.05) is 19.7 Å². The number of benzene rings is 1. The van der Waals surface area contributed by atoms with Gasteiger partial charge in [-0.05, 0) is 17.7 Å². The third kappa shape index (κ3) is 3.68. The molecule has 0 aliphatic carbocycles. The van der Waals surface area contributed by atoms with Crippen LogP contribution in [0.25, 0.3) is 5.78 Å². The Labute approximate surface area is 139 Å².